The summed E-state index contributed by atoms with van der Waals surface area (Å²) in [6, 6.07) is 7.93. The Labute approximate surface area is 80.0 Å². The molecule has 1 unspecified atom stereocenters. The maximum absolute atomic E-state index is 8.31. The van der Waals surface area contributed by atoms with Gasteiger partial charge in [-0.1, -0.05) is 35.0 Å². The van der Waals surface area contributed by atoms with E-state index in [1.807, 2.05) is 31.2 Å². The van der Waals surface area contributed by atoms with Crippen LogP contribution in [0.2, 0.25) is 0 Å². The Balaban J connectivity index is 2.82. The van der Waals surface area contributed by atoms with E-state index in [1.54, 1.807) is 0 Å². The van der Waals surface area contributed by atoms with E-state index in [-0.39, 0.29) is 5.92 Å². The zero-order chi connectivity index (χ0) is 8.97. The van der Waals surface area contributed by atoms with Crippen LogP contribution in [0.5, 0.6) is 0 Å². The molecule has 0 aliphatic rings. The number of nitrogens with zero attached hydrogens (tertiary/aromatic N) is 1. The summed E-state index contributed by atoms with van der Waals surface area (Å²) >= 11 is 3.35. The van der Waals surface area contributed by atoms with Crippen LogP contribution in [-0.4, -0.2) is 11.4 Å². The van der Waals surface area contributed by atoms with Gasteiger partial charge in [0.15, 0.2) is 0 Å². The molecule has 3 heteroatoms. The first kappa shape index (κ1) is 9.26. The molecule has 0 radical (unpaired) electrons. The third kappa shape index (κ3) is 2.34. The highest BCUT2D eigenvalue weighted by molar-refractivity contribution is 9.10. The van der Waals surface area contributed by atoms with Crippen LogP contribution < -0.4 is 0 Å². The molecular weight excluding hydrogens is 218 g/mol. The van der Waals surface area contributed by atoms with E-state index in [2.05, 4.69) is 21.1 Å². The Bertz CT molecular complexity index is 268. The van der Waals surface area contributed by atoms with E-state index in [1.165, 1.54) is 6.21 Å². The fourth-order valence-corrected chi connectivity index (χ4v) is 1.22. The number of oxime groups is 1. The van der Waals surface area contributed by atoms with Crippen molar-refractivity contribution in [3.63, 3.8) is 0 Å². The van der Waals surface area contributed by atoms with Crippen LogP contribution in [0.1, 0.15) is 18.4 Å². The molecule has 0 aliphatic carbocycles. The maximum atomic E-state index is 8.31. The molecule has 1 aromatic rings. The molecule has 12 heavy (non-hydrogen) atoms. The second-order valence-electron chi connectivity index (χ2n) is 2.60. The normalized spacial score (nSPS) is 13.5. The molecule has 2 nitrogen and oxygen atoms in total. The smallest absolute Gasteiger partial charge is 0.0507 e. The van der Waals surface area contributed by atoms with Crippen molar-refractivity contribution in [2.45, 2.75) is 12.8 Å². The van der Waals surface area contributed by atoms with Gasteiger partial charge in [0, 0.05) is 10.4 Å². The van der Waals surface area contributed by atoms with Gasteiger partial charge in [-0.25, -0.2) is 0 Å². The summed E-state index contributed by atoms with van der Waals surface area (Å²) in [5, 5.41) is 11.3. The largest absolute Gasteiger partial charge is 0.411 e. The van der Waals surface area contributed by atoms with Gasteiger partial charge in [-0.15, -0.1) is 5.16 Å². The van der Waals surface area contributed by atoms with Gasteiger partial charge < -0.3 is 5.21 Å². The molecule has 1 atom stereocenters. The van der Waals surface area contributed by atoms with Gasteiger partial charge in [-0.3, -0.25) is 0 Å². The molecule has 1 N–H and O–H groups in total. The molecule has 0 fully saturated rings. The van der Waals surface area contributed by atoms with Gasteiger partial charge in [-0.2, -0.15) is 0 Å². The Morgan fingerprint density at radius 3 is 2.50 bits per heavy atom. The monoisotopic (exact) mass is 227 g/mol. The van der Waals surface area contributed by atoms with E-state index in [9.17, 15) is 0 Å². The molecular formula is C9H10BrNO. The zero-order valence-corrected chi connectivity index (χ0v) is 8.32. The summed E-state index contributed by atoms with van der Waals surface area (Å²) in [7, 11) is 0. The summed E-state index contributed by atoms with van der Waals surface area (Å²) in [4.78, 5) is 0. The minimum atomic E-state index is 0.156. The average Bonchev–Trinajstić information content (AvgIpc) is 2.06. The highest BCUT2D eigenvalue weighted by atomic mass is 79.9. The Morgan fingerprint density at radius 1 is 1.42 bits per heavy atom. The summed E-state index contributed by atoms with van der Waals surface area (Å²) in [6.45, 7) is 1.98. The lowest BCUT2D eigenvalue weighted by atomic mass is 10.0. The minimum absolute atomic E-state index is 0.156. The van der Waals surface area contributed by atoms with Crippen molar-refractivity contribution < 1.29 is 5.21 Å². The fourth-order valence-electron chi connectivity index (χ4n) is 0.952. The van der Waals surface area contributed by atoms with Crippen molar-refractivity contribution in [3.8, 4) is 0 Å². The highest BCUT2D eigenvalue weighted by Gasteiger charge is 2.00. The number of rotatable bonds is 2. The maximum Gasteiger partial charge on any atom is 0.0507 e. The van der Waals surface area contributed by atoms with E-state index in [0.29, 0.717) is 0 Å². The van der Waals surface area contributed by atoms with E-state index in [0.717, 1.165) is 10.0 Å². The first-order valence-corrected chi connectivity index (χ1v) is 4.46. The third-order valence-corrected chi connectivity index (χ3v) is 2.21. The topological polar surface area (TPSA) is 32.6 Å². The second-order valence-corrected chi connectivity index (χ2v) is 3.52. The fraction of sp³-hybridized carbons (Fsp3) is 0.222. The lowest BCUT2D eigenvalue weighted by Gasteiger charge is -2.03. The van der Waals surface area contributed by atoms with Gasteiger partial charge in [0.2, 0.25) is 0 Å². The molecule has 0 heterocycles. The van der Waals surface area contributed by atoms with Crippen LogP contribution in [0, 0.1) is 0 Å². The lowest BCUT2D eigenvalue weighted by molar-refractivity contribution is 0.320. The molecule has 1 rings (SSSR count). The predicted molar refractivity (Wildman–Crippen MR) is 52.8 cm³/mol. The predicted octanol–water partition coefficient (Wildman–Crippen LogP) is 3.01. The first-order chi connectivity index (χ1) is 5.74. The van der Waals surface area contributed by atoms with E-state index < -0.39 is 0 Å². The number of hydrogen-bond donors (Lipinski definition) is 1. The van der Waals surface area contributed by atoms with Crippen molar-refractivity contribution in [2.75, 3.05) is 0 Å². The van der Waals surface area contributed by atoms with Crippen molar-refractivity contribution in [1.82, 2.24) is 0 Å². The average molecular weight is 228 g/mol. The van der Waals surface area contributed by atoms with Gasteiger partial charge in [0.1, 0.15) is 0 Å². The lowest BCUT2D eigenvalue weighted by Crippen LogP contribution is -1.93. The molecule has 0 bridgehead atoms. The summed E-state index contributed by atoms with van der Waals surface area (Å²) in [6.07, 6.45) is 1.50. The van der Waals surface area contributed by atoms with Gasteiger partial charge in [-0.05, 0) is 17.7 Å². The Morgan fingerprint density at radius 2 is 2.00 bits per heavy atom. The van der Waals surface area contributed by atoms with Crippen LogP contribution in [0.15, 0.2) is 33.9 Å². The SMILES string of the molecule is CC(C=NO)c1ccc(Br)cc1. The van der Waals surface area contributed by atoms with Crippen LogP contribution in [0.3, 0.4) is 0 Å². The van der Waals surface area contributed by atoms with Crippen molar-refractivity contribution >= 4 is 22.1 Å². The third-order valence-electron chi connectivity index (χ3n) is 1.69. The van der Waals surface area contributed by atoms with Crippen molar-refractivity contribution in [3.05, 3.63) is 34.3 Å². The summed E-state index contributed by atoms with van der Waals surface area (Å²) < 4.78 is 1.05. The Kier molecular flexibility index (Phi) is 3.29. The Hall–Kier alpha value is -0.830. The van der Waals surface area contributed by atoms with Crippen LogP contribution in [0.4, 0.5) is 0 Å². The van der Waals surface area contributed by atoms with Crippen LogP contribution >= 0.6 is 15.9 Å². The molecule has 0 saturated carbocycles. The van der Waals surface area contributed by atoms with Gasteiger partial charge >= 0.3 is 0 Å². The minimum Gasteiger partial charge on any atom is -0.411 e. The molecule has 0 spiro atoms. The van der Waals surface area contributed by atoms with E-state index in [4.69, 9.17) is 5.21 Å². The first-order valence-electron chi connectivity index (χ1n) is 3.67. The molecule has 1 aromatic carbocycles. The van der Waals surface area contributed by atoms with Gasteiger partial charge in [0.25, 0.3) is 0 Å². The summed E-state index contributed by atoms with van der Waals surface area (Å²) in [5.74, 6) is 0.156. The highest BCUT2D eigenvalue weighted by Crippen LogP contribution is 2.16. The number of benzene rings is 1. The molecule has 0 aliphatic heterocycles. The molecule has 0 saturated heterocycles. The quantitative estimate of drug-likeness (QED) is 0.471. The van der Waals surface area contributed by atoms with Crippen molar-refractivity contribution in [1.29, 1.82) is 0 Å². The van der Waals surface area contributed by atoms with Crippen molar-refractivity contribution in [2.24, 2.45) is 5.16 Å². The second kappa shape index (κ2) is 4.26. The zero-order valence-electron chi connectivity index (χ0n) is 6.74. The number of hydrogen-bond acceptors (Lipinski definition) is 2. The molecule has 0 amide bonds. The van der Waals surface area contributed by atoms with Crippen LogP contribution in [0.25, 0.3) is 0 Å². The molecule has 0 aromatic heterocycles. The summed E-state index contributed by atoms with van der Waals surface area (Å²) in [5.41, 5.74) is 1.14. The van der Waals surface area contributed by atoms with Crippen LogP contribution in [-0.2, 0) is 0 Å². The standard InChI is InChI=1S/C9H10BrNO/c1-7(6-11-12)8-2-4-9(10)5-3-8/h2-7,12H,1H3. The molecule has 64 valence electrons. The van der Waals surface area contributed by atoms with E-state index >= 15 is 0 Å². The number of halogens is 1. The van der Waals surface area contributed by atoms with Gasteiger partial charge in [0.05, 0.1) is 6.21 Å².